The minimum absolute atomic E-state index is 0. The molecule has 1 aliphatic heterocycles. The van der Waals surface area contributed by atoms with E-state index in [-0.39, 0.29) is 24.0 Å². The summed E-state index contributed by atoms with van der Waals surface area (Å²) in [5, 5.41) is 3.04. The van der Waals surface area contributed by atoms with Gasteiger partial charge in [-0.25, -0.2) is 4.39 Å². The van der Waals surface area contributed by atoms with Crippen LogP contribution in [0.25, 0.3) is 0 Å². The van der Waals surface area contributed by atoms with Crippen molar-refractivity contribution in [3.05, 3.63) is 35.1 Å². The highest BCUT2D eigenvalue weighted by molar-refractivity contribution is 5.85. The lowest BCUT2D eigenvalue weighted by molar-refractivity contribution is -0.138. The number of rotatable bonds is 1. The van der Waals surface area contributed by atoms with E-state index in [1.807, 2.05) is 0 Å². The van der Waals surface area contributed by atoms with Gasteiger partial charge in [-0.1, -0.05) is 12.5 Å². The molecule has 1 N–H and O–H groups in total. The van der Waals surface area contributed by atoms with Gasteiger partial charge in [-0.05, 0) is 37.1 Å². The molecule has 0 aliphatic carbocycles. The Balaban J connectivity index is 0.00000162. The first-order valence-corrected chi connectivity index (χ1v) is 5.58. The van der Waals surface area contributed by atoms with Crippen LogP contribution >= 0.6 is 12.4 Å². The summed E-state index contributed by atoms with van der Waals surface area (Å²) in [4.78, 5) is 0. The molecule has 6 heteroatoms. The maximum absolute atomic E-state index is 12.9. The minimum Gasteiger partial charge on any atom is -0.310 e. The lowest BCUT2D eigenvalue weighted by Gasteiger charge is -2.26. The molecule has 1 aromatic rings. The number of nitrogens with one attached hydrogen (secondary N) is 1. The minimum atomic E-state index is -4.50. The number of piperidine rings is 1. The van der Waals surface area contributed by atoms with Gasteiger partial charge in [0.15, 0.2) is 0 Å². The van der Waals surface area contributed by atoms with Crippen molar-refractivity contribution in [2.24, 2.45) is 0 Å². The summed E-state index contributed by atoms with van der Waals surface area (Å²) in [6, 6.07) is 2.58. The van der Waals surface area contributed by atoms with Crippen LogP contribution in [-0.4, -0.2) is 6.54 Å². The van der Waals surface area contributed by atoms with Crippen molar-refractivity contribution in [3.8, 4) is 0 Å². The fraction of sp³-hybridized carbons (Fsp3) is 0.500. The second-order valence-electron chi connectivity index (χ2n) is 4.23. The summed E-state index contributed by atoms with van der Waals surface area (Å²) in [6.45, 7) is 0.708. The summed E-state index contributed by atoms with van der Waals surface area (Å²) in [7, 11) is 0. The fourth-order valence-corrected chi connectivity index (χ4v) is 2.20. The summed E-state index contributed by atoms with van der Waals surface area (Å²) < 4.78 is 51.3. The zero-order valence-corrected chi connectivity index (χ0v) is 10.4. The molecule has 1 fully saturated rings. The third-order valence-electron chi connectivity index (χ3n) is 3.01. The van der Waals surface area contributed by atoms with E-state index in [0.717, 1.165) is 18.9 Å². The van der Waals surface area contributed by atoms with E-state index in [1.165, 1.54) is 6.07 Å². The Kier molecular flexibility index (Phi) is 4.99. The predicted octanol–water partition coefficient (Wildman–Crippen LogP) is 4.08. The SMILES string of the molecule is Cl.Fc1ccc([C@H]2CCCCN2)c(C(F)(F)F)c1. The molecular weight excluding hydrogens is 270 g/mol. The lowest BCUT2D eigenvalue weighted by atomic mass is 9.93. The Morgan fingerprint density at radius 1 is 1.17 bits per heavy atom. The first-order valence-electron chi connectivity index (χ1n) is 5.58. The molecule has 0 spiro atoms. The predicted molar refractivity (Wildman–Crippen MR) is 63.2 cm³/mol. The number of hydrogen-bond acceptors (Lipinski definition) is 1. The summed E-state index contributed by atoms with van der Waals surface area (Å²) in [5.74, 6) is -0.850. The van der Waals surface area contributed by atoms with Crippen molar-refractivity contribution < 1.29 is 17.6 Å². The number of benzene rings is 1. The van der Waals surface area contributed by atoms with Crippen LogP contribution in [-0.2, 0) is 6.18 Å². The van der Waals surface area contributed by atoms with Crippen LogP contribution in [0.1, 0.15) is 36.4 Å². The van der Waals surface area contributed by atoms with Crippen LogP contribution < -0.4 is 5.32 Å². The van der Waals surface area contributed by atoms with Crippen LogP contribution in [0, 0.1) is 5.82 Å². The molecule has 0 bridgehead atoms. The molecule has 2 rings (SSSR count). The molecule has 1 heterocycles. The summed E-state index contributed by atoms with van der Waals surface area (Å²) >= 11 is 0. The summed E-state index contributed by atoms with van der Waals surface area (Å²) in [5.41, 5.74) is -0.712. The molecule has 0 amide bonds. The van der Waals surface area contributed by atoms with Gasteiger partial charge in [-0.2, -0.15) is 13.2 Å². The van der Waals surface area contributed by atoms with Gasteiger partial charge in [-0.3, -0.25) is 0 Å². The molecule has 1 atom stereocenters. The average Bonchev–Trinajstić information content (AvgIpc) is 2.29. The van der Waals surface area contributed by atoms with Crippen LogP contribution in [0.4, 0.5) is 17.6 Å². The number of hydrogen-bond donors (Lipinski definition) is 1. The smallest absolute Gasteiger partial charge is 0.310 e. The summed E-state index contributed by atoms with van der Waals surface area (Å²) in [6.07, 6.45) is -1.98. The molecule has 0 aromatic heterocycles. The van der Waals surface area contributed by atoms with Crippen molar-refractivity contribution in [3.63, 3.8) is 0 Å². The maximum atomic E-state index is 12.9. The Morgan fingerprint density at radius 2 is 1.89 bits per heavy atom. The topological polar surface area (TPSA) is 12.0 Å². The maximum Gasteiger partial charge on any atom is 0.416 e. The quantitative estimate of drug-likeness (QED) is 0.766. The average molecular weight is 284 g/mol. The molecular formula is C12H14ClF4N. The fourth-order valence-electron chi connectivity index (χ4n) is 2.20. The monoisotopic (exact) mass is 283 g/mol. The zero-order valence-electron chi connectivity index (χ0n) is 9.56. The molecule has 102 valence electrons. The van der Waals surface area contributed by atoms with Crippen LogP contribution in [0.15, 0.2) is 18.2 Å². The van der Waals surface area contributed by atoms with Crippen molar-refractivity contribution in [2.45, 2.75) is 31.5 Å². The second kappa shape index (κ2) is 5.89. The largest absolute Gasteiger partial charge is 0.416 e. The van der Waals surface area contributed by atoms with Crippen molar-refractivity contribution >= 4 is 12.4 Å². The van der Waals surface area contributed by atoms with Crippen molar-refractivity contribution in [2.75, 3.05) is 6.54 Å². The van der Waals surface area contributed by atoms with E-state index in [0.29, 0.717) is 19.0 Å². The zero-order chi connectivity index (χ0) is 12.5. The molecule has 18 heavy (non-hydrogen) atoms. The molecule has 1 nitrogen and oxygen atoms in total. The molecule has 0 saturated carbocycles. The van der Waals surface area contributed by atoms with Gasteiger partial charge in [-0.15, -0.1) is 12.4 Å². The van der Waals surface area contributed by atoms with E-state index in [2.05, 4.69) is 5.32 Å². The Labute approximate surface area is 109 Å². The van der Waals surface area contributed by atoms with E-state index in [4.69, 9.17) is 0 Å². The first kappa shape index (κ1) is 15.2. The standard InChI is InChI=1S/C12H13F4N.ClH/c13-8-4-5-9(10(7-8)12(14,15)16)11-3-1-2-6-17-11;/h4-5,7,11,17H,1-3,6H2;1H/t11-;/m1./s1. The number of alkyl halides is 3. The van der Waals surface area contributed by atoms with E-state index >= 15 is 0 Å². The van der Waals surface area contributed by atoms with Gasteiger partial charge in [0.2, 0.25) is 0 Å². The van der Waals surface area contributed by atoms with Crippen molar-refractivity contribution in [1.82, 2.24) is 5.32 Å². The van der Waals surface area contributed by atoms with Crippen LogP contribution in [0.2, 0.25) is 0 Å². The lowest BCUT2D eigenvalue weighted by Crippen LogP contribution is -2.28. The number of halogens is 5. The highest BCUT2D eigenvalue weighted by Crippen LogP contribution is 2.37. The van der Waals surface area contributed by atoms with Gasteiger partial charge in [0.25, 0.3) is 0 Å². The van der Waals surface area contributed by atoms with Gasteiger partial charge < -0.3 is 5.32 Å². The molecule has 1 saturated heterocycles. The van der Waals surface area contributed by atoms with E-state index < -0.39 is 17.6 Å². The van der Waals surface area contributed by atoms with Crippen molar-refractivity contribution in [1.29, 1.82) is 0 Å². The third kappa shape index (κ3) is 3.36. The van der Waals surface area contributed by atoms with Gasteiger partial charge in [0.05, 0.1) is 5.56 Å². The highest BCUT2D eigenvalue weighted by Gasteiger charge is 2.35. The highest BCUT2D eigenvalue weighted by atomic mass is 35.5. The molecule has 0 unspecified atom stereocenters. The van der Waals surface area contributed by atoms with E-state index in [1.54, 1.807) is 0 Å². The molecule has 1 aromatic carbocycles. The van der Waals surface area contributed by atoms with Gasteiger partial charge in [0.1, 0.15) is 5.82 Å². The normalized spacial score (nSPS) is 20.3. The van der Waals surface area contributed by atoms with Gasteiger partial charge in [0, 0.05) is 6.04 Å². The second-order valence-corrected chi connectivity index (χ2v) is 4.23. The Morgan fingerprint density at radius 3 is 2.44 bits per heavy atom. The molecule has 0 radical (unpaired) electrons. The third-order valence-corrected chi connectivity index (χ3v) is 3.01. The Bertz CT molecular complexity index is 400. The van der Waals surface area contributed by atoms with Gasteiger partial charge >= 0.3 is 6.18 Å². The van der Waals surface area contributed by atoms with Crippen LogP contribution in [0.3, 0.4) is 0 Å². The Hall–Kier alpha value is -0.810. The molecule has 1 aliphatic rings. The van der Waals surface area contributed by atoms with E-state index in [9.17, 15) is 17.6 Å². The first-order chi connectivity index (χ1) is 7.98. The van der Waals surface area contributed by atoms with Crippen LogP contribution in [0.5, 0.6) is 0 Å².